The Bertz CT molecular complexity index is 963. The third kappa shape index (κ3) is 4.72. The molecule has 1 aliphatic rings. The molecule has 0 bridgehead atoms. The maximum Gasteiger partial charge on any atom is 0.257 e. The van der Waals surface area contributed by atoms with Crippen molar-refractivity contribution in [3.63, 3.8) is 0 Å². The lowest BCUT2D eigenvalue weighted by Gasteiger charge is -2.12. The maximum atomic E-state index is 12.5. The molecule has 146 valence electrons. The molecule has 1 aromatic heterocycles. The highest BCUT2D eigenvalue weighted by atomic mass is 79.9. The normalized spacial score (nSPS) is 12.4. The van der Waals surface area contributed by atoms with Gasteiger partial charge in [0.15, 0.2) is 5.11 Å². The molecule has 1 amide bonds. The van der Waals surface area contributed by atoms with Gasteiger partial charge in [0.05, 0.1) is 16.6 Å². The molecule has 0 spiro atoms. The zero-order valence-corrected chi connectivity index (χ0v) is 18.8. The summed E-state index contributed by atoms with van der Waals surface area (Å²) in [5.74, 6) is 0.782. The topological polar surface area (TPSA) is 74.2 Å². The fraction of sp³-hybridized carbons (Fsp3) is 0.350. The van der Waals surface area contributed by atoms with Crippen LogP contribution in [-0.2, 0) is 12.8 Å². The Morgan fingerprint density at radius 2 is 2.21 bits per heavy atom. The molecule has 1 aliphatic carbocycles. The van der Waals surface area contributed by atoms with Crippen LogP contribution in [0.1, 0.15) is 46.6 Å². The van der Waals surface area contributed by atoms with E-state index in [1.165, 1.54) is 4.88 Å². The van der Waals surface area contributed by atoms with Crippen LogP contribution in [0.3, 0.4) is 0 Å². The second-order valence-corrected chi connectivity index (χ2v) is 9.30. The number of amides is 1. The molecule has 0 fully saturated rings. The molecule has 2 aromatic rings. The van der Waals surface area contributed by atoms with E-state index in [2.05, 4.69) is 46.5 Å². The summed E-state index contributed by atoms with van der Waals surface area (Å²) < 4.78 is 6.41. The van der Waals surface area contributed by atoms with Gasteiger partial charge in [0.25, 0.3) is 5.91 Å². The van der Waals surface area contributed by atoms with Gasteiger partial charge in [-0.2, -0.15) is 5.26 Å². The van der Waals surface area contributed by atoms with Gasteiger partial charge in [0.1, 0.15) is 16.8 Å². The predicted molar refractivity (Wildman–Crippen MR) is 119 cm³/mol. The van der Waals surface area contributed by atoms with Crippen molar-refractivity contribution in [3.05, 3.63) is 44.2 Å². The second-order valence-electron chi connectivity index (χ2n) is 6.93. The minimum Gasteiger partial charge on any atom is -0.492 e. The molecule has 5 nitrogen and oxygen atoms in total. The zero-order chi connectivity index (χ0) is 20.3. The third-order valence-corrected chi connectivity index (χ3v) is 6.28. The van der Waals surface area contributed by atoms with Crippen molar-refractivity contribution in [2.24, 2.45) is 5.92 Å². The van der Waals surface area contributed by atoms with Crippen LogP contribution in [0.25, 0.3) is 0 Å². The number of nitriles is 1. The number of aryl methyl sites for hydroxylation is 1. The first-order chi connectivity index (χ1) is 13.4. The number of fused-ring (bicyclic) bond motifs is 1. The van der Waals surface area contributed by atoms with Crippen molar-refractivity contribution in [1.82, 2.24) is 5.32 Å². The number of benzene rings is 1. The van der Waals surface area contributed by atoms with Crippen LogP contribution >= 0.6 is 39.5 Å². The highest BCUT2D eigenvalue weighted by Gasteiger charge is 2.23. The first kappa shape index (κ1) is 20.8. The number of hydrogen-bond donors (Lipinski definition) is 2. The number of ether oxygens (including phenoxy) is 1. The van der Waals surface area contributed by atoms with E-state index in [-0.39, 0.29) is 11.0 Å². The SMILES string of the molecule is CC(C)COc1ccc(C(=O)NC(=S)Nc2sc3c(c2C#N)CCC3)cc1Br. The van der Waals surface area contributed by atoms with Crippen LogP contribution in [0.2, 0.25) is 0 Å². The number of halogens is 1. The number of hydrogen-bond acceptors (Lipinski definition) is 5. The van der Waals surface area contributed by atoms with E-state index in [1.807, 2.05) is 0 Å². The lowest BCUT2D eigenvalue weighted by Crippen LogP contribution is -2.34. The van der Waals surface area contributed by atoms with Gasteiger partial charge in [-0.15, -0.1) is 11.3 Å². The van der Waals surface area contributed by atoms with E-state index < -0.39 is 0 Å². The lowest BCUT2D eigenvalue weighted by molar-refractivity contribution is 0.0977. The van der Waals surface area contributed by atoms with Crippen molar-refractivity contribution < 1.29 is 9.53 Å². The Balaban J connectivity index is 1.64. The number of nitrogens with one attached hydrogen (secondary N) is 2. The molecule has 0 saturated heterocycles. The summed E-state index contributed by atoms with van der Waals surface area (Å²) in [5, 5.41) is 16.0. The zero-order valence-electron chi connectivity index (χ0n) is 15.6. The monoisotopic (exact) mass is 477 g/mol. The van der Waals surface area contributed by atoms with Gasteiger partial charge < -0.3 is 10.1 Å². The van der Waals surface area contributed by atoms with Crippen LogP contribution in [0.5, 0.6) is 5.75 Å². The summed E-state index contributed by atoms with van der Waals surface area (Å²) in [6.07, 6.45) is 3.01. The average molecular weight is 478 g/mol. The highest BCUT2D eigenvalue weighted by Crippen LogP contribution is 2.38. The predicted octanol–water partition coefficient (Wildman–Crippen LogP) is 5.03. The average Bonchev–Trinajstić information content (AvgIpc) is 3.20. The Morgan fingerprint density at radius 3 is 2.89 bits per heavy atom. The van der Waals surface area contributed by atoms with E-state index in [0.29, 0.717) is 38.9 Å². The Kier molecular flexibility index (Phi) is 6.70. The Labute approximate surface area is 182 Å². The van der Waals surface area contributed by atoms with Crippen molar-refractivity contribution in [1.29, 1.82) is 5.26 Å². The van der Waals surface area contributed by atoms with E-state index in [9.17, 15) is 10.1 Å². The number of thiocarbonyl (C=S) groups is 1. The maximum absolute atomic E-state index is 12.5. The standard InChI is InChI=1S/C20H20BrN3O2S2/c1-11(2)10-26-16-7-6-12(8-15(16)21)18(25)23-20(27)24-19-14(9-22)13-4-3-5-17(13)28-19/h6-8,11H,3-5,10H2,1-2H3,(H2,23,24,25,27). The van der Waals surface area contributed by atoms with Crippen LogP contribution in [0.15, 0.2) is 22.7 Å². The molecule has 1 aromatic carbocycles. The van der Waals surface area contributed by atoms with Gasteiger partial charge in [0, 0.05) is 10.4 Å². The molecule has 0 radical (unpaired) electrons. The summed E-state index contributed by atoms with van der Waals surface area (Å²) >= 11 is 10.3. The molecule has 0 atom stereocenters. The largest absolute Gasteiger partial charge is 0.492 e. The number of anilines is 1. The Morgan fingerprint density at radius 1 is 1.43 bits per heavy atom. The third-order valence-electron chi connectivity index (χ3n) is 4.25. The van der Waals surface area contributed by atoms with Gasteiger partial charge in [0.2, 0.25) is 0 Å². The molecule has 3 rings (SSSR count). The van der Waals surface area contributed by atoms with Crippen molar-refractivity contribution in [2.75, 3.05) is 11.9 Å². The van der Waals surface area contributed by atoms with Gasteiger partial charge in [-0.1, -0.05) is 13.8 Å². The number of thiophene rings is 1. The molecule has 0 saturated carbocycles. The highest BCUT2D eigenvalue weighted by molar-refractivity contribution is 9.10. The molecular weight excluding hydrogens is 458 g/mol. The fourth-order valence-electron chi connectivity index (χ4n) is 2.94. The molecule has 8 heteroatoms. The summed E-state index contributed by atoms with van der Waals surface area (Å²) in [6, 6.07) is 7.41. The summed E-state index contributed by atoms with van der Waals surface area (Å²) in [6.45, 7) is 4.75. The van der Waals surface area contributed by atoms with E-state index in [1.54, 1.807) is 29.5 Å². The van der Waals surface area contributed by atoms with Gasteiger partial charge in [-0.3, -0.25) is 10.1 Å². The second kappa shape index (κ2) is 9.03. The number of carbonyl (C=O) groups excluding carboxylic acids is 1. The van der Waals surface area contributed by atoms with Gasteiger partial charge >= 0.3 is 0 Å². The minimum atomic E-state index is -0.323. The van der Waals surface area contributed by atoms with Crippen LogP contribution in [0.4, 0.5) is 5.00 Å². The van der Waals surface area contributed by atoms with Crippen LogP contribution in [-0.4, -0.2) is 17.6 Å². The molecule has 0 aliphatic heterocycles. The summed E-state index contributed by atoms with van der Waals surface area (Å²) in [7, 11) is 0. The molecule has 1 heterocycles. The molecule has 2 N–H and O–H groups in total. The molecular formula is C20H20BrN3O2S2. The quantitative estimate of drug-likeness (QED) is 0.590. The van der Waals surface area contributed by atoms with Crippen LogP contribution in [0, 0.1) is 17.2 Å². The lowest BCUT2D eigenvalue weighted by atomic mass is 10.1. The number of nitrogens with zero attached hydrogens (tertiary/aromatic N) is 1. The minimum absolute atomic E-state index is 0.178. The first-order valence-corrected chi connectivity index (χ1v) is 11.0. The summed E-state index contributed by atoms with van der Waals surface area (Å²) in [4.78, 5) is 13.7. The van der Waals surface area contributed by atoms with Crippen LogP contribution < -0.4 is 15.4 Å². The summed E-state index contributed by atoms with van der Waals surface area (Å²) in [5.41, 5.74) is 2.22. The van der Waals surface area contributed by atoms with Crippen molar-refractivity contribution >= 4 is 55.5 Å². The molecule has 0 unspecified atom stereocenters. The van der Waals surface area contributed by atoms with Crippen molar-refractivity contribution in [2.45, 2.75) is 33.1 Å². The van der Waals surface area contributed by atoms with Gasteiger partial charge in [-0.05, 0) is 77.1 Å². The van der Waals surface area contributed by atoms with E-state index >= 15 is 0 Å². The van der Waals surface area contributed by atoms with E-state index in [0.717, 1.165) is 24.8 Å². The fourth-order valence-corrected chi connectivity index (χ4v) is 4.93. The first-order valence-electron chi connectivity index (χ1n) is 8.98. The Hall–Kier alpha value is -1.95. The van der Waals surface area contributed by atoms with E-state index in [4.69, 9.17) is 17.0 Å². The number of rotatable bonds is 5. The number of carbonyl (C=O) groups is 1. The molecule has 28 heavy (non-hydrogen) atoms. The van der Waals surface area contributed by atoms with Gasteiger partial charge in [-0.25, -0.2) is 0 Å². The smallest absolute Gasteiger partial charge is 0.257 e. The van der Waals surface area contributed by atoms with Crippen molar-refractivity contribution in [3.8, 4) is 11.8 Å².